The first-order chi connectivity index (χ1) is 21.0. The van der Waals surface area contributed by atoms with Gasteiger partial charge in [0.25, 0.3) is 5.91 Å². The first-order valence-electron chi connectivity index (χ1n) is 14.0. The Morgan fingerprint density at radius 3 is 1.84 bits per heavy atom. The molecule has 0 spiro atoms. The first-order valence-corrected chi connectivity index (χ1v) is 14.8. The van der Waals surface area contributed by atoms with Crippen LogP contribution in [0.1, 0.15) is 38.5 Å². The largest absolute Gasteiger partial charge is 0.324 e. The third-order valence-electron chi connectivity index (χ3n) is 7.54. The van der Waals surface area contributed by atoms with Crippen LogP contribution in [0.4, 0.5) is 0 Å². The quantitative estimate of drug-likeness (QED) is 0.149. The maximum absolute atomic E-state index is 13.6. The fraction of sp³-hybridized carbons (Fsp3) is 0.0833. The van der Waals surface area contributed by atoms with Gasteiger partial charge in [-0.3, -0.25) is 20.4 Å². The number of hydrogen-bond acceptors (Lipinski definition) is 4. The van der Waals surface area contributed by atoms with Gasteiger partial charge in [0.2, 0.25) is 5.91 Å². The molecule has 212 valence electrons. The molecule has 2 N–H and O–H groups in total. The smallest absolute Gasteiger partial charge is 0.281 e. The van der Waals surface area contributed by atoms with Gasteiger partial charge in [0, 0.05) is 30.1 Å². The van der Waals surface area contributed by atoms with Gasteiger partial charge in [0.1, 0.15) is 9.88 Å². The number of aromatic nitrogens is 2. The Kier molecular flexibility index (Phi) is 7.98. The molecule has 0 fully saturated rings. The molecule has 0 aliphatic rings. The van der Waals surface area contributed by atoms with E-state index in [4.69, 9.17) is 0 Å². The molecule has 2 amide bonds. The maximum Gasteiger partial charge on any atom is 0.281 e. The van der Waals surface area contributed by atoms with E-state index in [1.54, 1.807) is 6.92 Å². The van der Waals surface area contributed by atoms with Crippen LogP contribution in [0.25, 0.3) is 16.3 Å². The number of carbonyl (C=O) groups excluding carboxylic acids is 2. The topological polar surface area (TPSA) is 76.0 Å². The van der Waals surface area contributed by atoms with Gasteiger partial charge in [-0.2, -0.15) is 0 Å². The van der Waals surface area contributed by atoms with Crippen LogP contribution >= 0.6 is 11.3 Å². The standard InChI is InChI=1S/C36H30N4O2S/c1-26-33(43-35(37-26)27-14-13-21-31(24-27)40-22-11-12-23-40)34(42)39-38-32(41)25-36(28-15-5-2-6-16-28,29-17-7-3-8-18-29)30-19-9-4-10-20-30/h2-24H,25H2,1H3,(H,38,41)(H,39,42). The zero-order valence-electron chi connectivity index (χ0n) is 23.6. The number of amides is 2. The number of rotatable bonds is 8. The van der Waals surface area contributed by atoms with Crippen molar-refractivity contribution in [2.75, 3.05) is 0 Å². The molecule has 43 heavy (non-hydrogen) atoms. The maximum atomic E-state index is 13.6. The van der Waals surface area contributed by atoms with Gasteiger partial charge in [-0.05, 0) is 47.9 Å². The lowest BCUT2D eigenvalue weighted by Gasteiger charge is -2.35. The average Bonchev–Trinajstić information content (AvgIpc) is 3.74. The van der Waals surface area contributed by atoms with E-state index in [0.717, 1.165) is 32.9 Å². The number of benzene rings is 4. The van der Waals surface area contributed by atoms with Gasteiger partial charge >= 0.3 is 0 Å². The monoisotopic (exact) mass is 582 g/mol. The zero-order valence-corrected chi connectivity index (χ0v) is 24.4. The lowest BCUT2D eigenvalue weighted by Crippen LogP contribution is -2.45. The number of hydrazine groups is 1. The van der Waals surface area contributed by atoms with Crippen LogP contribution in [0.3, 0.4) is 0 Å². The van der Waals surface area contributed by atoms with Gasteiger partial charge in [-0.15, -0.1) is 11.3 Å². The summed E-state index contributed by atoms with van der Waals surface area (Å²) in [6.07, 6.45) is 4.05. The Morgan fingerprint density at radius 1 is 0.721 bits per heavy atom. The van der Waals surface area contributed by atoms with Crippen molar-refractivity contribution in [3.8, 4) is 16.3 Å². The SMILES string of the molecule is Cc1nc(-c2cccc(-n3cccc3)c2)sc1C(=O)NNC(=O)CC(c1ccccc1)(c1ccccc1)c1ccccc1. The highest BCUT2D eigenvalue weighted by Gasteiger charge is 2.38. The van der Waals surface area contributed by atoms with Crippen LogP contribution < -0.4 is 10.9 Å². The second kappa shape index (κ2) is 12.3. The number of nitrogens with zero attached hydrogens (tertiary/aromatic N) is 2. The predicted octanol–water partition coefficient (Wildman–Crippen LogP) is 7.09. The molecule has 2 heterocycles. The summed E-state index contributed by atoms with van der Waals surface area (Å²) < 4.78 is 2.02. The summed E-state index contributed by atoms with van der Waals surface area (Å²) in [4.78, 5) is 32.0. The number of aryl methyl sites for hydroxylation is 1. The van der Waals surface area contributed by atoms with Crippen molar-refractivity contribution >= 4 is 23.2 Å². The molecular weight excluding hydrogens is 552 g/mol. The molecule has 0 saturated heterocycles. The van der Waals surface area contributed by atoms with Crippen LogP contribution in [0.5, 0.6) is 0 Å². The minimum atomic E-state index is -0.767. The molecule has 2 aromatic heterocycles. The fourth-order valence-corrected chi connectivity index (χ4v) is 6.44. The number of thiazole rings is 1. The Labute approximate surface area is 254 Å². The zero-order chi connectivity index (χ0) is 29.6. The molecule has 6 nitrogen and oxygen atoms in total. The molecule has 0 saturated carbocycles. The Hall–Kier alpha value is -5.27. The van der Waals surface area contributed by atoms with Crippen LogP contribution in [0.2, 0.25) is 0 Å². The van der Waals surface area contributed by atoms with Crippen LogP contribution in [0.15, 0.2) is 140 Å². The molecule has 4 aromatic carbocycles. The lowest BCUT2D eigenvalue weighted by atomic mass is 9.67. The molecule has 0 aliphatic heterocycles. The molecule has 0 radical (unpaired) electrons. The van der Waals surface area contributed by atoms with Crippen molar-refractivity contribution in [2.45, 2.75) is 18.8 Å². The Morgan fingerprint density at radius 2 is 1.28 bits per heavy atom. The number of hydrogen-bond donors (Lipinski definition) is 2. The summed E-state index contributed by atoms with van der Waals surface area (Å²) >= 11 is 1.30. The van der Waals surface area contributed by atoms with E-state index >= 15 is 0 Å². The van der Waals surface area contributed by atoms with Crippen molar-refractivity contribution in [3.63, 3.8) is 0 Å². The summed E-state index contributed by atoms with van der Waals surface area (Å²) in [5.41, 5.74) is 10.0. The summed E-state index contributed by atoms with van der Waals surface area (Å²) in [7, 11) is 0. The number of nitrogens with one attached hydrogen (secondary N) is 2. The molecule has 0 atom stereocenters. The minimum absolute atomic E-state index is 0.0877. The predicted molar refractivity (Wildman–Crippen MR) is 171 cm³/mol. The van der Waals surface area contributed by atoms with Crippen LogP contribution in [0, 0.1) is 6.92 Å². The molecule has 7 heteroatoms. The van der Waals surface area contributed by atoms with Crippen molar-refractivity contribution in [1.29, 1.82) is 0 Å². The second-order valence-corrected chi connectivity index (χ2v) is 11.3. The second-order valence-electron chi connectivity index (χ2n) is 10.3. The lowest BCUT2D eigenvalue weighted by molar-refractivity contribution is -0.122. The van der Waals surface area contributed by atoms with Crippen LogP contribution in [-0.2, 0) is 10.2 Å². The molecular formula is C36H30N4O2S. The minimum Gasteiger partial charge on any atom is -0.324 e. The van der Waals surface area contributed by atoms with E-state index in [-0.39, 0.29) is 12.3 Å². The van der Waals surface area contributed by atoms with Gasteiger partial charge in [-0.25, -0.2) is 4.98 Å². The van der Waals surface area contributed by atoms with Crippen molar-refractivity contribution in [3.05, 3.63) is 167 Å². The third kappa shape index (κ3) is 5.76. The third-order valence-corrected chi connectivity index (χ3v) is 8.74. The van der Waals surface area contributed by atoms with E-state index in [0.29, 0.717) is 10.6 Å². The average molecular weight is 583 g/mol. The molecule has 0 unspecified atom stereocenters. The normalized spacial score (nSPS) is 11.2. The highest BCUT2D eigenvalue weighted by Crippen LogP contribution is 2.42. The van der Waals surface area contributed by atoms with Gasteiger partial charge in [0.05, 0.1) is 11.1 Å². The van der Waals surface area contributed by atoms with Crippen molar-refractivity contribution in [2.24, 2.45) is 0 Å². The number of carbonyl (C=O) groups is 2. The van der Waals surface area contributed by atoms with E-state index < -0.39 is 11.3 Å². The molecule has 6 aromatic rings. The molecule has 0 bridgehead atoms. The van der Waals surface area contributed by atoms with E-state index in [9.17, 15) is 9.59 Å². The summed E-state index contributed by atoms with van der Waals surface area (Å²) in [5, 5.41) is 0.735. The van der Waals surface area contributed by atoms with E-state index in [1.807, 2.05) is 144 Å². The molecule has 6 rings (SSSR count). The van der Waals surface area contributed by atoms with Gasteiger partial charge < -0.3 is 4.57 Å². The first kappa shape index (κ1) is 27.9. The van der Waals surface area contributed by atoms with E-state index in [2.05, 4.69) is 15.8 Å². The van der Waals surface area contributed by atoms with E-state index in [1.165, 1.54) is 11.3 Å². The van der Waals surface area contributed by atoms with Crippen molar-refractivity contribution in [1.82, 2.24) is 20.4 Å². The fourth-order valence-electron chi connectivity index (χ4n) is 5.48. The van der Waals surface area contributed by atoms with Crippen molar-refractivity contribution < 1.29 is 9.59 Å². The summed E-state index contributed by atoms with van der Waals surface area (Å²) in [6, 6.07) is 42.0. The summed E-state index contributed by atoms with van der Waals surface area (Å²) in [5.74, 6) is -0.715. The van der Waals surface area contributed by atoms with Gasteiger partial charge in [-0.1, -0.05) is 103 Å². The summed E-state index contributed by atoms with van der Waals surface area (Å²) in [6.45, 7) is 1.80. The molecule has 0 aliphatic carbocycles. The Bertz CT molecular complexity index is 1740. The Balaban J connectivity index is 1.24. The highest BCUT2D eigenvalue weighted by molar-refractivity contribution is 7.17. The van der Waals surface area contributed by atoms with Gasteiger partial charge in [0.15, 0.2) is 0 Å². The van der Waals surface area contributed by atoms with Crippen LogP contribution in [-0.4, -0.2) is 21.4 Å². The highest BCUT2D eigenvalue weighted by atomic mass is 32.1.